The SMILES string of the molecule is CC(C)C[C@H](NC(=O)NCC1CCOC1)C(=O)O. The summed E-state index contributed by atoms with van der Waals surface area (Å²) in [6.07, 6.45) is 1.37. The lowest BCUT2D eigenvalue weighted by Crippen LogP contribution is -2.47. The van der Waals surface area contributed by atoms with Crippen molar-refractivity contribution in [2.45, 2.75) is 32.7 Å². The third kappa shape index (κ3) is 5.35. The maximum absolute atomic E-state index is 11.6. The molecule has 6 heteroatoms. The lowest BCUT2D eigenvalue weighted by atomic mass is 10.0. The molecule has 0 aromatic rings. The van der Waals surface area contributed by atoms with E-state index in [1.165, 1.54) is 0 Å². The zero-order valence-electron chi connectivity index (χ0n) is 10.9. The summed E-state index contributed by atoms with van der Waals surface area (Å²) in [6.45, 7) is 5.77. The molecule has 1 fully saturated rings. The number of amides is 2. The van der Waals surface area contributed by atoms with Gasteiger partial charge in [-0.25, -0.2) is 9.59 Å². The first-order valence-corrected chi connectivity index (χ1v) is 6.34. The second-order valence-electron chi connectivity index (χ2n) is 5.10. The zero-order chi connectivity index (χ0) is 13.5. The first-order valence-electron chi connectivity index (χ1n) is 6.34. The zero-order valence-corrected chi connectivity index (χ0v) is 10.9. The molecule has 0 radical (unpaired) electrons. The normalized spacial score (nSPS) is 20.7. The minimum absolute atomic E-state index is 0.217. The molecule has 2 atom stereocenters. The molecule has 0 spiro atoms. The average molecular weight is 258 g/mol. The second-order valence-corrected chi connectivity index (χ2v) is 5.10. The van der Waals surface area contributed by atoms with E-state index in [9.17, 15) is 9.59 Å². The molecule has 2 amide bonds. The van der Waals surface area contributed by atoms with Gasteiger partial charge < -0.3 is 20.5 Å². The molecular weight excluding hydrogens is 236 g/mol. The Morgan fingerprint density at radius 2 is 2.17 bits per heavy atom. The van der Waals surface area contributed by atoms with E-state index < -0.39 is 18.0 Å². The van der Waals surface area contributed by atoms with Crippen LogP contribution >= 0.6 is 0 Å². The fraction of sp³-hybridized carbons (Fsp3) is 0.833. The molecule has 1 aliphatic rings. The van der Waals surface area contributed by atoms with Crippen molar-refractivity contribution in [1.29, 1.82) is 0 Å². The van der Waals surface area contributed by atoms with Gasteiger partial charge in [-0.1, -0.05) is 13.8 Å². The number of aliphatic carboxylic acids is 1. The summed E-state index contributed by atoms with van der Waals surface area (Å²) < 4.78 is 5.20. The Morgan fingerprint density at radius 1 is 1.44 bits per heavy atom. The highest BCUT2D eigenvalue weighted by atomic mass is 16.5. The lowest BCUT2D eigenvalue weighted by Gasteiger charge is -2.17. The molecule has 0 aromatic heterocycles. The molecule has 1 aliphatic heterocycles. The summed E-state index contributed by atoms with van der Waals surface area (Å²) in [5.74, 6) is -0.443. The average Bonchev–Trinajstić information content (AvgIpc) is 2.77. The van der Waals surface area contributed by atoms with Crippen LogP contribution in [-0.2, 0) is 9.53 Å². The van der Waals surface area contributed by atoms with Crippen LogP contribution < -0.4 is 10.6 Å². The Bertz CT molecular complexity index is 288. The molecule has 0 bridgehead atoms. The first-order chi connectivity index (χ1) is 8.49. The number of carboxylic acids is 1. The van der Waals surface area contributed by atoms with Gasteiger partial charge in [0.15, 0.2) is 0 Å². The monoisotopic (exact) mass is 258 g/mol. The van der Waals surface area contributed by atoms with E-state index in [-0.39, 0.29) is 5.92 Å². The summed E-state index contributed by atoms with van der Waals surface area (Å²) in [4.78, 5) is 22.5. The molecule has 1 heterocycles. The summed E-state index contributed by atoms with van der Waals surface area (Å²) >= 11 is 0. The quantitative estimate of drug-likeness (QED) is 0.658. The van der Waals surface area contributed by atoms with Crippen molar-refractivity contribution >= 4 is 12.0 Å². The molecule has 104 valence electrons. The standard InChI is InChI=1S/C12H22N2O4/c1-8(2)5-10(11(15)16)14-12(17)13-6-9-3-4-18-7-9/h8-10H,3-7H2,1-2H3,(H,15,16)(H2,13,14,17)/t9?,10-/m0/s1. The summed E-state index contributed by atoms with van der Waals surface area (Å²) in [5, 5.41) is 14.2. The number of hydrogen-bond acceptors (Lipinski definition) is 3. The van der Waals surface area contributed by atoms with Crippen LogP contribution in [0.15, 0.2) is 0 Å². The minimum Gasteiger partial charge on any atom is -0.480 e. The predicted molar refractivity (Wildman–Crippen MR) is 66.3 cm³/mol. The number of carbonyl (C=O) groups excluding carboxylic acids is 1. The highest BCUT2D eigenvalue weighted by molar-refractivity contribution is 5.82. The van der Waals surface area contributed by atoms with Gasteiger partial charge >= 0.3 is 12.0 Å². The Kier molecular flexibility index (Phi) is 5.91. The van der Waals surface area contributed by atoms with Crippen LogP contribution in [0.4, 0.5) is 4.79 Å². The topological polar surface area (TPSA) is 87.7 Å². The third-order valence-corrected chi connectivity index (χ3v) is 2.89. The maximum Gasteiger partial charge on any atom is 0.326 e. The lowest BCUT2D eigenvalue weighted by molar-refractivity contribution is -0.139. The van der Waals surface area contributed by atoms with Crippen molar-refractivity contribution < 1.29 is 19.4 Å². The minimum atomic E-state index is -0.997. The van der Waals surface area contributed by atoms with E-state index in [0.717, 1.165) is 13.0 Å². The van der Waals surface area contributed by atoms with Gasteiger partial charge in [0.1, 0.15) is 6.04 Å². The van der Waals surface area contributed by atoms with E-state index in [1.807, 2.05) is 13.8 Å². The van der Waals surface area contributed by atoms with Crippen molar-refractivity contribution in [2.24, 2.45) is 11.8 Å². The molecule has 1 unspecified atom stereocenters. The smallest absolute Gasteiger partial charge is 0.326 e. The van der Waals surface area contributed by atoms with Crippen molar-refractivity contribution in [3.63, 3.8) is 0 Å². The molecule has 0 saturated carbocycles. The van der Waals surface area contributed by atoms with Crippen LogP contribution in [0, 0.1) is 11.8 Å². The van der Waals surface area contributed by atoms with E-state index in [0.29, 0.717) is 25.5 Å². The highest BCUT2D eigenvalue weighted by Crippen LogP contribution is 2.10. The molecule has 1 rings (SSSR count). The molecule has 3 N–H and O–H groups in total. The number of ether oxygens (including phenoxy) is 1. The molecule has 6 nitrogen and oxygen atoms in total. The molecular formula is C12H22N2O4. The molecule has 1 saturated heterocycles. The van der Waals surface area contributed by atoms with Gasteiger partial charge in [-0.2, -0.15) is 0 Å². The van der Waals surface area contributed by atoms with Gasteiger partial charge in [-0.05, 0) is 18.8 Å². The van der Waals surface area contributed by atoms with E-state index in [4.69, 9.17) is 9.84 Å². The van der Waals surface area contributed by atoms with Crippen LogP contribution in [0.25, 0.3) is 0 Å². The van der Waals surface area contributed by atoms with Crippen LogP contribution in [0.1, 0.15) is 26.7 Å². The predicted octanol–water partition coefficient (Wildman–Crippen LogP) is 0.821. The summed E-state index contributed by atoms with van der Waals surface area (Å²) in [6, 6.07) is -1.25. The number of rotatable bonds is 6. The summed E-state index contributed by atoms with van der Waals surface area (Å²) in [7, 11) is 0. The van der Waals surface area contributed by atoms with Crippen molar-refractivity contribution in [1.82, 2.24) is 10.6 Å². The van der Waals surface area contributed by atoms with Gasteiger partial charge in [-0.3, -0.25) is 0 Å². The fourth-order valence-electron chi connectivity index (χ4n) is 1.88. The first kappa shape index (κ1) is 14.8. The molecule has 18 heavy (non-hydrogen) atoms. The van der Waals surface area contributed by atoms with E-state index in [1.54, 1.807) is 0 Å². The largest absolute Gasteiger partial charge is 0.480 e. The van der Waals surface area contributed by atoms with Gasteiger partial charge in [-0.15, -0.1) is 0 Å². The van der Waals surface area contributed by atoms with Crippen molar-refractivity contribution in [3.8, 4) is 0 Å². The van der Waals surface area contributed by atoms with Gasteiger partial charge in [0.2, 0.25) is 0 Å². The Balaban J connectivity index is 2.29. The Morgan fingerprint density at radius 3 is 2.67 bits per heavy atom. The molecule has 0 aromatic carbocycles. The van der Waals surface area contributed by atoms with Crippen LogP contribution in [0.2, 0.25) is 0 Å². The summed E-state index contributed by atoms with van der Waals surface area (Å²) in [5.41, 5.74) is 0. The Labute approximate surface area is 107 Å². The number of hydrogen-bond donors (Lipinski definition) is 3. The van der Waals surface area contributed by atoms with Crippen LogP contribution in [-0.4, -0.2) is 42.9 Å². The number of nitrogens with one attached hydrogen (secondary N) is 2. The number of urea groups is 1. The maximum atomic E-state index is 11.6. The fourth-order valence-corrected chi connectivity index (χ4v) is 1.88. The van der Waals surface area contributed by atoms with Gasteiger partial charge in [0, 0.05) is 19.1 Å². The molecule has 0 aliphatic carbocycles. The number of carboxylic acid groups (broad SMARTS) is 1. The van der Waals surface area contributed by atoms with Crippen LogP contribution in [0.3, 0.4) is 0 Å². The van der Waals surface area contributed by atoms with Gasteiger partial charge in [0.05, 0.1) is 6.61 Å². The number of carbonyl (C=O) groups is 2. The van der Waals surface area contributed by atoms with Gasteiger partial charge in [0.25, 0.3) is 0 Å². The van der Waals surface area contributed by atoms with Crippen molar-refractivity contribution in [3.05, 3.63) is 0 Å². The second kappa shape index (κ2) is 7.20. The Hall–Kier alpha value is -1.30. The van der Waals surface area contributed by atoms with E-state index in [2.05, 4.69) is 10.6 Å². The third-order valence-electron chi connectivity index (χ3n) is 2.89. The van der Waals surface area contributed by atoms with Crippen LogP contribution in [0.5, 0.6) is 0 Å². The van der Waals surface area contributed by atoms with Crippen molar-refractivity contribution in [2.75, 3.05) is 19.8 Å². The van der Waals surface area contributed by atoms with E-state index >= 15 is 0 Å². The highest BCUT2D eigenvalue weighted by Gasteiger charge is 2.22.